The van der Waals surface area contributed by atoms with Gasteiger partial charge in [-0.15, -0.1) is 46.7 Å². The van der Waals surface area contributed by atoms with Crippen molar-refractivity contribution in [1.29, 1.82) is 0 Å². The standard InChI is InChI=1S/C15H23N5O2S3.HI/c1-11-18-12(10-23-11)9-20(5)15(16-2)17-8-13-6-7-14(24-13)25(21,22)19(3)4;/h6-7,10H,8-9H2,1-5H3,(H,16,17);1H. The summed E-state index contributed by atoms with van der Waals surface area (Å²) >= 11 is 2.89. The summed E-state index contributed by atoms with van der Waals surface area (Å²) in [4.78, 5) is 11.6. The quantitative estimate of drug-likeness (QED) is 0.354. The summed E-state index contributed by atoms with van der Waals surface area (Å²) in [6.07, 6.45) is 0. The summed E-state index contributed by atoms with van der Waals surface area (Å²) < 4.78 is 25.8. The number of nitrogens with one attached hydrogen (secondary N) is 1. The van der Waals surface area contributed by atoms with Crippen LogP contribution in [-0.2, 0) is 23.1 Å². The normalized spacial score (nSPS) is 12.2. The van der Waals surface area contributed by atoms with E-state index in [0.29, 0.717) is 17.3 Å². The zero-order valence-electron chi connectivity index (χ0n) is 15.4. The molecule has 0 saturated carbocycles. The molecular formula is C15H24IN5O2S3. The number of rotatable bonds is 6. The van der Waals surface area contributed by atoms with Crippen LogP contribution in [0.4, 0.5) is 0 Å². The molecule has 2 aromatic rings. The van der Waals surface area contributed by atoms with Crippen molar-refractivity contribution >= 4 is 62.6 Å². The first-order valence-electron chi connectivity index (χ1n) is 7.58. The van der Waals surface area contributed by atoms with Crippen molar-refractivity contribution in [3.63, 3.8) is 0 Å². The monoisotopic (exact) mass is 529 g/mol. The maximum absolute atomic E-state index is 12.1. The minimum Gasteiger partial charge on any atom is -0.351 e. The van der Waals surface area contributed by atoms with E-state index in [4.69, 9.17) is 0 Å². The molecule has 0 bridgehead atoms. The van der Waals surface area contributed by atoms with Gasteiger partial charge in [-0.3, -0.25) is 4.99 Å². The fraction of sp³-hybridized carbons (Fsp3) is 0.467. The van der Waals surface area contributed by atoms with Crippen molar-refractivity contribution in [2.45, 2.75) is 24.2 Å². The van der Waals surface area contributed by atoms with Crippen molar-refractivity contribution < 1.29 is 8.42 Å². The van der Waals surface area contributed by atoms with Crippen LogP contribution in [0.2, 0.25) is 0 Å². The molecule has 0 unspecified atom stereocenters. The van der Waals surface area contributed by atoms with E-state index in [2.05, 4.69) is 15.3 Å². The minimum atomic E-state index is -3.38. The van der Waals surface area contributed by atoms with Crippen LogP contribution in [0.1, 0.15) is 15.6 Å². The second-order valence-electron chi connectivity index (χ2n) is 5.62. The Balaban J connectivity index is 0.00000338. The highest BCUT2D eigenvalue weighted by atomic mass is 127. The molecule has 11 heteroatoms. The predicted octanol–water partition coefficient (Wildman–Crippen LogP) is 2.59. The van der Waals surface area contributed by atoms with Crippen molar-refractivity contribution in [3.8, 4) is 0 Å². The third kappa shape index (κ3) is 5.87. The van der Waals surface area contributed by atoms with Crippen molar-refractivity contribution in [1.82, 2.24) is 19.5 Å². The number of halogens is 1. The number of thiophene rings is 1. The molecule has 2 aromatic heterocycles. The van der Waals surface area contributed by atoms with Crippen LogP contribution in [0.3, 0.4) is 0 Å². The molecule has 1 N–H and O–H groups in total. The fourth-order valence-corrected chi connectivity index (χ4v) is 5.19. The van der Waals surface area contributed by atoms with E-state index in [9.17, 15) is 8.42 Å². The Morgan fingerprint density at radius 2 is 2.00 bits per heavy atom. The largest absolute Gasteiger partial charge is 0.351 e. The highest BCUT2D eigenvalue weighted by molar-refractivity contribution is 14.0. The molecule has 0 atom stereocenters. The Hall–Kier alpha value is -0.760. The number of aryl methyl sites for hydroxylation is 1. The Kier molecular flexibility index (Phi) is 8.93. The maximum atomic E-state index is 12.1. The van der Waals surface area contributed by atoms with Gasteiger partial charge in [-0.2, -0.15) is 0 Å². The summed E-state index contributed by atoms with van der Waals surface area (Å²) in [6, 6.07) is 3.46. The smallest absolute Gasteiger partial charge is 0.252 e. The lowest BCUT2D eigenvalue weighted by Crippen LogP contribution is -2.37. The molecule has 0 saturated heterocycles. The average molecular weight is 529 g/mol. The molecule has 0 aliphatic heterocycles. The van der Waals surface area contributed by atoms with Crippen molar-refractivity contribution in [2.24, 2.45) is 4.99 Å². The summed E-state index contributed by atoms with van der Waals surface area (Å²) in [5.74, 6) is 0.732. The predicted molar refractivity (Wildman–Crippen MR) is 119 cm³/mol. The number of hydrogen-bond acceptors (Lipinski definition) is 6. The molecule has 0 aliphatic carbocycles. The van der Waals surface area contributed by atoms with Gasteiger partial charge in [0.1, 0.15) is 4.21 Å². The number of thiazole rings is 1. The molecule has 0 fully saturated rings. The van der Waals surface area contributed by atoms with Gasteiger partial charge in [0.25, 0.3) is 10.0 Å². The summed E-state index contributed by atoms with van der Waals surface area (Å²) in [5, 5.41) is 6.34. The SMILES string of the molecule is CN=C(NCc1ccc(S(=O)(=O)N(C)C)s1)N(C)Cc1csc(C)n1.I. The van der Waals surface area contributed by atoms with Crippen molar-refractivity contribution in [3.05, 3.63) is 33.1 Å². The lowest BCUT2D eigenvalue weighted by Gasteiger charge is -2.20. The van der Waals surface area contributed by atoms with E-state index in [1.807, 2.05) is 30.3 Å². The molecule has 0 spiro atoms. The van der Waals surface area contributed by atoms with Crippen LogP contribution in [-0.4, -0.2) is 56.8 Å². The van der Waals surface area contributed by atoms with Crippen LogP contribution in [0, 0.1) is 6.92 Å². The number of guanidine groups is 1. The molecule has 0 radical (unpaired) electrons. The Morgan fingerprint density at radius 1 is 1.31 bits per heavy atom. The van der Waals surface area contributed by atoms with Gasteiger partial charge in [0.2, 0.25) is 0 Å². The summed E-state index contributed by atoms with van der Waals surface area (Å²) in [5.41, 5.74) is 1.00. The summed E-state index contributed by atoms with van der Waals surface area (Å²) in [7, 11) is 3.35. The van der Waals surface area contributed by atoms with Crippen LogP contribution < -0.4 is 5.32 Å². The fourth-order valence-electron chi connectivity index (χ4n) is 2.12. The molecule has 0 aliphatic rings. The Morgan fingerprint density at radius 3 is 2.54 bits per heavy atom. The lowest BCUT2D eigenvalue weighted by molar-refractivity contribution is 0.471. The molecule has 146 valence electrons. The maximum Gasteiger partial charge on any atom is 0.252 e. The Bertz CT molecular complexity index is 845. The molecule has 0 amide bonds. The van der Waals surface area contributed by atoms with Gasteiger partial charge in [0, 0.05) is 38.4 Å². The lowest BCUT2D eigenvalue weighted by atomic mass is 10.4. The number of hydrogen-bond donors (Lipinski definition) is 1. The van der Waals surface area contributed by atoms with Gasteiger partial charge in [0.05, 0.1) is 23.8 Å². The molecular weight excluding hydrogens is 505 g/mol. The molecule has 2 heterocycles. The van der Waals surface area contributed by atoms with Crippen LogP contribution >= 0.6 is 46.7 Å². The summed E-state index contributed by atoms with van der Waals surface area (Å²) in [6.45, 7) is 3.16. The van der Waals surface area contributed by atoms with E-state index in [1.54, 1.807) is 24.5 Å². The van der Waals surface area contributed by atoms with Crippen molar-refractivity contribution in [2.75, 3.05) is 28.2 Å². The van der Waals surface area contributed by atoms with E-state index in [0.717, 1.165) is 21.5 Å². The number of nitrogens with zero attached hydrogens (tertiary/aromatic N) is 4. The van der Waals surface area contributed by atoms with Gasteiger partial charge in [0.15, 0.2) is 5.96 Å². The third-order valence-electron chi connectivity index (χ3n) is 3.43. The topological polar surface area (TPSA) is 77.9 Å². The van der Waals surface area contributed by atoms with Gasteiger partial charge < -0.3 is 10.2 Å². The van der Waals surface area contributed by atoms with Crippen LogP contribution in [0.15, 0.2) is 26.7 Å². The highest BCUT2D eigenvalue weighted by Gasteiger charge is 2.19. The van der Waals surface area contributed by atoms with Gasteiger partial charge in [-0.05, 0) is 19.1 Å². The highest BCUT2D eigenvalue weighted by Crippen LogP contribution is 2.23. The second-order valence-corrected chi connectivity index (χ2v) is 10.2. The first-order chi connectivity index (χ1) is 11.7. The van der Waals surface area contributed by atoms with Crippen LogP contribution in [0.25, 0.3) is 0 Å². The van der Waals surface area contributed by atoms with Gasteiger partial charge >= 0.3 is 0 Å². The van der Waals surface area contributed by atoms with Gasteiger partial charge in [-0.1, -0.05) is 0 Å². The van der Waals surface area contributed by atoms with Gasteiger partial charge in [-0.25, -0.2) is 17.7 Å². The second kappa shape index (κ2) is 9.97. The van der Waals surface area contributed by atoms with E-state index in [-0.39, 0.29) is 24.0 Å². The zero-order valence-corrected chi connectivity index (χ0v) is 20.2. The number of aliphatic imine (C=N–C) groups is 1. The molecule has 7 nitrogen and oxygen atoms in total. The minimum absolute atomic E-state index is 0. The number of aromatic nitrogens is 1. The Labute approximate surface area is 180 Å². The molecule has 26 heavy (non-hydrogen) atoms. The first kappa shape index (κ1) is 23.3. The third-order valence-corrected chi connectivity index (χ3v) is 7.62. The van der Waals surface area contributed by atoms with E-state index >= 15 is 0 Å². The van der Waals surface area contributed by atoms with Crippen LogP contribution in [0.5, 0.6) is 0 Å². The average Bonchev–Trinajstić information content (AvgIpc) is 3.17. The number of sulfonamides is 1. The molecule has 2 rings (SSSR count). The van der Waals surface area contributed by atoms with E-state index in [1.165, 1.54) is 29.7 Å². The molecule has 0 aromatic carbocycles. The van der Waals surface area contributed by atoms with E-state index < -0.39 is 10.0 Å². The first-order valence-corrected chi connectivity index (χ1v) is 10.7. The zero-order chi connectivity index (χ0) is 18.6.